The van der Waals surface area contributed by atoms with Crippen LogP contribution in [0.2, 0.25) is 0 Å². The van der Waals surface area contributed by atoms with Crippen LogP contribution < -0.4 is 5.73 Å². The first-order valence-corrected chi connectivity index (χ1v) is 7.74. The van der Waals surface area contributed by atoms with Crippen LogP contribution in [0.15, 0.2) is 12.1 Å². The summed E-state index contributed by atoms with van der Waals surface area (Å²) in [4.78, 5) is 11.7. The Bertz CT molecular complexity index is 584. The molecule has 0 saturated heterocycles. The molecule has 0 radical (unpaired) electrons. The van der Waals surface area contributed by atoms with Crippen LogP contribution in [0, 0.1) is 5.82 Å². The first kappa shape index (κ1) is 15.4. The lowest BCUT2D eigenvalue weighted by molar-refractivity contribution is 0.0501. The lowest BCUT2D eigenvalue weighted by Gasteiger charge is -2.10. The van der Waals surface area contributed by atoms with E-state index in [0.29, 0.717) is 6.42 Å². The average Bonchev–Trinajstić information content (AvgIpc) is 2.29. The van der Waals surface area contributed by atoms with Crippen molar-refractivity contribution in [1.82, 2.24) is 0 Å². The number of ether oxygens (including phenoxy) is 1. The Morgan fingerprint density at radius 1 is 1.42 bits per heavy atom. The van der Waals surface area contributed by atoms with E-state index in [1.165, 1.54) is 12.1 Å². The van der Waals surface area contributed by atoms with Gasteiger partial charge in [-0.2, -0.15) is 0 Å². The standard InChI is InChI=1S/C12H16FNO4S/c1-3-6-18-12(15)10-9(14)5-4-8(11(10)13)7-19(2,16)17/h4-5H,3,6-7,14H2,1-2H3. The highest BCUT2D eigenvalue weighted by molar-refractivity contribution is 7.89. The second kappa shape index (κ2) is 6.01. The number of halogens is 1. The molecular formula is C12H16FNO4S. The molecule has 0 spiro atoms. The van der Waals surface area contributed by atoms with E-state index in [0.717, 1.165) is 6.26 Å². The molecule has 7 heteroatoms. The summed E-state index contributed by atoms with van der Waals surface area (Å²) in [5.74, 6) is -2.31. The molecular weight excluding hydrogens is 273 g/mol. The van der Waals surface area contributed by atoms with E-state index in [2.05, 4.69) is 0 Å². The average molecular weight is 289 g/mol. The maximum absolute atomic E-state index is 14.1. The lowest BCUT2D eigenvalue weighted by atomic mass is 10.1. The van der Waals surface area contributed by atoms with E-state index in [-0.39, 0.29) is 17.9 Å². The van der Waals surface area contributed by atoms with Crippen LogP contribution in [0.4, 0.5) is 10.1 Å². The van der Waals surface area contributed by atoms with Crippen LogP contribution in [0.1, 0.15) is 29.3 Å². The fourth-order valence-corrected chi connectivity index (χ4v) is 2.29. The van der Waals surface area contributed by atoms with Crippen molar-refractivity contribution in [3.63, 3.8) is 0 Å². The van der Waals surface area contributed by atoms with Gasteiger partial charge in [-0.3, -0.25) is 0 Å². The molecule has 0 bridgehead atoms. The van der Waals surface area contributed by atoms with Crippen LogP contribution >= 0.6 is 0 Å². The summed E-state index contributed by atoms with van der Waals surface area (Å²) < 4.78 is 41.3. The summed E-state index contributed by atoms with van der Waals surface area (Å²) in [5.41, 5.74) is 4.96. The first-order chi connectivity index (χ1) is 8.76. The van der Waals surface area contributed by atoms with Crippen molar-refractivity contribution < 1.29 is 22.3 Å². The molecule has 106 valence electrons. The van der Waals surface area contributed by atoms with Gasteiger partial charge in [0, 0.05) is 17.5 Å². The largest absolute Gasteiger partial charge is 0.462 e. The fraction of sp³-hybridized carbons (Fsp3) is 0.417. The van der Waals surface area contributed by atoms with E-state index in [4.69, 9.17) is 10.5 Å². The molecule has 0 atom stereocenters. The van der Waals surface area contributed by atoms with Gasteiger partial charge >= 0.3 is 5.97 Å². The van der Waals surface area contributed by atoms with Gasteiger partial charge in [0.05, 0.1) is 12.4 Å². The minimum absolute atomic E-state index is 0.0733. The number of carbonyl (C=O) groups excluding carboxylic acids is 1. The number of carbonyl (C=O) groups is 1. The number of esters is 1. The van der Waals surface area contributed by atoms with Crippen LogP contribution in [0.3, 0.4) is 0 Å². The molecule has 0 aliphatic rings. The molecule has 19 heavy (non-hydrogen) atoms. The Kier molecular flexibility index (Phi) is 4.88. The summed E-state index contributed by atoms with van der Waals surface area (Å²) in [6, 6.07) is 2.55. The molecule has 0 aliphatic heterocycles. The number of benzene rings is 1. The second-order valence-corrected chi connectivity index (χ2v) is 6.35. The lowest BCUT2D eigenvalue weighted by Crippen LogP contribution is -2.14. The molecule has 0 aromatic heterocycles. The minimum atomic E-state index is -3.40. The third kappa shape index (κ3) is 4.20. The number of anilines is 1. The number of sulfone groups is 1. The van der Waals surface area contributed by atoms with Crippen LogP contribution in [0.5, 0.6) is 0 Å². The van der Waals surface area contributed by atoms with Crippen LogP contribution in [-0.4, -0.2) is 27.2 Å². The molecule has 0 aliphatic carbocycles. The maximum Gasteiger partial charge on any atom is 0.343 e. The van der Waals surface area contributed by atoms with Crippen molar-refractivity contribution in [2.75, 3.05) is 18.6 Å². The molecule has 0 amide bonds. The van der Waals surface area contributed by atoms with Gasteiger partial charge in [-0.15, -0.1) is 0 Å². The van der Waals surface area contributed by atoms with Gasteiger partial charge < -0.3 is 10.5 Å². The molecule has 1 aromatic carbocycles. The van der Waals surface area contributed by atoms with Gasteiger partial charge in [-0.05, 0) is 12.5 Å². The Morgan fingerprint density at radius 2 is 2.05 bits per heavy atom. The maximum atomic E-state index is 14.1. The van der Waals surface area contributed by atoms with Gasteiger partial charge in [0.2, 0.25) is 0 Å². The summed E-state index contributed by atoms with van der Waals surface area (Å²) in [7, 11) is -3.40. The topological polar surface area (TPSA) is 86.5 Å². The van der Waals surface area contributed by atoms with Gasteiger partial charge in [-0.25, -0.2) is 17.6 Å². The Labute approximate surface area is 111 Å². The van der Waals surface area contributed by atoms with Crippen LogP contribution in [-0.2, 0) is 20.3 Å². The monoisotopic (exact) mass is 289 g/mol. The quantitative estimate of drug-likeness (QED) is 0.656. The number of rotatable bonds is 5. The molecule has 0 unspecified atom stereocenters. The summed E-state index contributed by atoms with van der Waals surface area (Å²) in [5, 5.41) is 0. The SMILES string of the molecule is CCCOC(=O)c1c(N)ccc(CS(C)(=O)=O)c1F. The summed E-state index contributed by atoms with van der Waals surface area (Å²) in [6.45, 7) is 1.95. The zero-order valence-corrected chi connectivity index (χ0v) is 11.6. The van der Waals surface area contributed by atoms with E-state index < -0.39 is 32.9 Å². The normalized spacial score (nSPS) is 11.3. The van der Waals surface area contributed by atoms with Gasteiger partial charge in [0.15, 0.2) is 9.84 Å². The third-order valence-corrected chi connectivity index (χ3v) is 3.15. The van der Waals surface area contributed by atoms with Crippen molar-refractivity contribution in [2.24, 2.45) is 0 Å². The van der Waals surface area contributed by atoms with Gasteiger partial charge in [0.25, 0.3) is 0 Å². The number of hydrogen-bond donors (Lipinski definition) is 1. The Hall–Kier alpha value is -1.63. The van der Waals surface area contributed by atoms with E-state index in [1.807, 2.05) is 0 Å². The predicted octanol–water partition coefficient (Wildman–Crippen LogP) is 1.52. The Morgan fingerprint density at radius 3 is 2.58 bits per heavy atom. The summed E-state index contributed by atoms with van der Waals surface area (Å²) >= 11 is 0. The van der Waals surface area contributed by atoms with Crippen molar-refractivity contribution in [1.29, 1.82) is 0 Å². The van der Waals surface area contributed by atoms with Crippen molar-refractivity contribution in [2.45, 2.75) is 19.1 Å². The van der Waals surface area contributed by atoms with Crippen molar-refractivity contribution >= 4 is 21.5 Å². The molecule has 0 saturated carbocycles. The first-order valence-electron chi connectivity index (χ1n) is 5.68. The highest BCUT2D eigenvalue weighted by Gasteiger charge is 2.21. The third-order valence-electron chi connectivity index (χ3n) is 2.31. The number of nitrogen functional groups attached to an aromatic ring is 1. The molecule has 2 N–H and O–H groups in total. The highest BCUT2D eigenvalue weighted by atomic mass is 32.2. The van der Waals surface area contributed by atoms with Crippen LogP contribution in [0.25, 0.3) is 0 Å². The van der Waals surface area contributed by atoms with Gasteiger partial charge in [-0.1, -0.05) is 13.0 Å². The second-order valence-electron chi connectivity index (χ2n) is 4.21. The summed E-state index contributed by atoms with van der Waals surface area (Å²) in [6.07, 6.45) is 1.58. The zero-order valence-electron chi connectivity index (χ0n) is 10.8. The highest BCUT2D eigenvalue weighted by Crippen LogP contribution is 2.22. The minimum Gasteiger partial charge on any atom is -0.462 e. The van der Waals surface area contributed by atoms with E-state index in [1.54, 1.807) is 6.92 Å². The number of nitrogens with two attached hydrogens (primary N) is 1. The molecule has 0 fully saturated rings. The van der Waals surface area contributed by atoms with E-state index >= 15 is 0 Å². The van der Waals surface area contributed by atoms with Gasteiger partial charge in [0.1, 0.15) is 11.4 Å². The molecule has 5 nitrogen and oxygen atoms in total. The molecule has 1 rings (SSSR count). The van der Waals surface area contributed by atoms with E-state index in [9.17, 15) is 17.6 Å². The predicted molar refractivity (Wildman–Crippen MR) is 69.9 cm³/mol. The Balaban J connectivity index is 3.17. The smallest absolute Gasteiger partial charge is 0.343 e. The molecule has 1 aromatic rings. The molecule has 0 heterocycles. The van der Waals surface area contributed by atoms with Crippen molar-refractivity contribution in [3.8, 4) is 0 Å². The number of hydrogen-bond acceptors (Lipinski definition) is 5. The zero-order chi connectivity index (χ0) is 14.6. The van der Waals surface area contributed by atoms with Crippen molar-refractivity contribution in [3.05, 3.63) is 29.1 Å². The fourth-order valence-electron chi connectivity index (χ4n) is 1.50.